The van der Waals surface area contributed by atoms with Crippen molar-refractivity contribution in [3.63, 3.8) is 0 Å². The molecule has 0 aliphatic heterocycles. The maximum absolute atomic E-state index is 2.61. The van der Waals surface area contributed by atoms with Crippen LogP contribution in [0, 0.1) is 0 Å². The van der Waals surface area contributed by atoms with E-state index in [1.807, 2.05) is 0 Å². The lowest BCUT2D eigenvalue weighted by Crippen LogP contribution is -2.57. The highest BCUT2D eigenvalue weighted by Crippen LogP contribution is 2.37. The third-order valence-corrected chi connectivity index (χ3v) is 13.0. The van der Waals surface area contributed by atoms with Gasteiger partial charge in [-0.05, 0) is 89.3 Å². The van der Waals surface area contributed by atoms with Crippen molar-refractivity contribution in [3.8, 4) is 22.3 Å². The predicted molar refractivity (Wildman–Crippen MR) is 181 cm³/mol. The van der Waals surface area contributed by atoms with E-state index in [1.54, 1.807) is 10.4 Å². The van der Waals surface area contributed by atoms with E-state index in [1.165, 1.54) is 66.1 Å². The third-order valence-electron chi connectivity index (χ3n) is 9.35. The quantitative estimate of drug-likeness (QED) is 0.195. The van der Waals surface area contributed by atoms with Gasteiger partial charge in [0.1, 0.15) is 8.07 Å². The van der Waals surface area contributed by atoms with E-state index in [0.29, 0.717) is 0 Å². The first-order valence-electron chi connectivity index (χ1n) is 14.7. The summed E-state index contributed by atoms with van der Waals surface area (Å²) in [7, 11) is -2.28. The molecule has 41 heavy (non-hydrogen) atoms. The molecule has 0 unspecified atom stereocenters. The highest BCUT2D eigenvalue weighted by Gasteiger charge is 2.37. The fourth-order valence-corrected chi connectivity index (χ4v) is 11.6. The Balaban J connectivity index is 1.46. The number of allylic oxidation sites excluding steroid dienone is 2. The molecule has 1 heteroatoms. The van der Waals surface area contributed by atoms with Crippen LogP contribution in [0.5, 0.6) is 0 Å². The average Bonchev–Trinajstić information content (AvgIpc) is 3.69. The van der Waals surface area contributed by atoms with E-state index in [4.69, 9.17) is 0 Å². The van der Waals surface area contributed by atoms with Crippen molar-refractivity contribution < 1.29 is 0 Å². The van der Waals surface area contributed by atoms with Crippen LogP contribution >= 0.6 is 0 Å². The molecule has 0 saturated heterocycles. The van der Waals surface area contributed by atoms with Gasteiger partial charge in [0.15, 0.2) is 0 Å². The zero-order chi connectivity index (χ0) is 27.6. The van der Waals surface area contributed by atoms with Crippen LogP contribution in [0.2, 0.25) is 13.1 Å². The van der Waals surface area contributed by atoms with E-state index in [9.17, 15) is 0 Å². The molecular formula is C40H32Si. The lowest BCUT2D eigenvalue weighted by Gasteiger charge is -2.34. The fourth-order valence-electron chi connectivity index (χ4n) is 7.61. The number of hydrogen-bond donors (Lipinski definition) is 0. The Labute approximate surface area is 243 Å². The fraction of sp³-hybridized carbons (Fsp3) is 0.100. The van der Waals surface area contributed by atoms with Gasteiger partial charge in [-0.15, -0.1) is 0 Å². The molecule has 0 amide bonds. The number of rotatable bonds is 4. The van der Waals surface area contributed by atoms with Gasteiger partial charge in [-0.25, -0.2) is 0 Å². The predicted octanol–water partition coefficient (Wildman–Crippen LogP) is 9.29. The van der Waals surface area contributed by atoms with Crippen LogP contribution in [-0.4, -0.2) is 8.07 Å². The Hall–Kier alpha value is -4.46. The van der Waals surface area contributed by atoms with Crippen LogP contribution in [0.25, 0.3) is 56.0 Å². The summed E-state index contributed by atoms with van der Waals surface area (Å²) in [6.07, 6.45) is 11.4. The molecule has 2 aliphatic rings. The summed E-state index contributed by atoms with van der Waals surface area (Å²) in [6, 6.07) is 40.9. The Bertz CT molecular complexity index is 1910. The minimum absolute atomic E-state index is 1.01. The third kappa shape index (κ3) is 3.73. The zero-order valence-corrected chi connectivity index (χ0v) is 24.6. The summed E-state index contributed by atoms with van der Waals surface area (Å²) < 4.78 is 0. The molecule has 0 nitrogen and oxygen atoms in total. The Morgan fingerprint density at radius 3 is 1.37 bits per heavy atom. The standard InChI is InChI=1S/C40H32Si/c1-41(2,39-33-19-7-15-29(33)23-25-37(39)35-21-9-13-27-11-3-5-17-31(27)35)40-34-20-8-16-30(34)24-26-38(40)36-22-10-14-28-12-4-6-18-32(28)36/h3-18,21-26H,19-20H2,1-2H3. The summed E-state index contributed by atoms with van der Waals surface area (Å²) in [5, 5.41) is 8.46. The highest BCUT2D eigenvalue weighted by molar-refractivity contribution is 7.02. The number of hydrogen-bond acceptors (Lipinski definition) is 0. The second-order valence-electron chi connectivity index (χ2n) is 12.0. The molecule has 0 N–H and O–H groups in total. The van der Waals surface area contributed by atoms with Crippen LogP contribution in [0.1, 0.15) is 22.3 Å². The van der Waals surface area contributed by atoms with Gasteiger partial charge in [0.2, 0.25) is 0 Å². The molecule has 6 aromatic rings. The molecular weight excluding hydrogens is 509 g/mol. The van der Waals surface area contributed by atoms with E-state index in [0.717, 1.165) is 12.8 Å². The molecule has 0 heterocycles. The van der Waals surface area contributed by atoms with Gasteiger partial charge in [0.25, 0.3) is 0 Å². The summed E-state index contributed by atoms with van der Waals surface area (Å²) in [5.41, 5.74) is 11.4. The molecule has 6 aromatic carbocycles. The average molecular weight is 541 g/mol. The number of fused-ring (bicyclic) bond motifs is 4. The van der Waals surface area contributed by atoms with Crippen molar-refractivity contribution in [2.75, 3.05) is 0 Å². The zero-order valence-electron chi connectivity index (χ0n) is 23.6. The molecule has 0 radical (unpaired) electrons. The van der Waals surface area contributed by atoms with Gasteiger partial charge in [0.05, 0.1) is 0 Å². The summed E-state index contributed by atoms with van der Waals surface area (Å²) in [6.45, 7) is 5.22. The number of benzene rings is 6. The van der Waals surface area contributed by atoms with E-state index >= 15 is 0 Å². The summed E-state index contributed by atoms with van der Waals surface area (Å²) >= 11 is 0. The van der Waals surface area contributed by atoms with Crippen molar-refractivity contribution in [1.82, 2.24) is 0 Å². The van der Waals surface area contributed by atoms with Crippen LogP contribution in [0.3, 0.4) is 0 Å². The first-order valence-corrected chi connectivity index (χ1v) is 17.7. The van der Waals surface area contributed by atoms with Crippen molar-refractivity contribution in [1.29, 1.82) is 0 Å². The van der Waals surface area contributed by atoms with E-state index in [-0.39, 0.29) is 0 Å². The molecule has 196 valence electrons. The van der Waals surface area contributed by atoms with Gasteiger partial charge >= 0.3 is 0 Å². The SMILES string of the molecule is C[Si](C)(c1c(-c2cccc3ccccc23)ccc2c1CC=C2)c1c(-c2cccc3ccccc23)ccc2c1CC=C2. The van der Waals surface area contributed by atoms with Crippen LogP contribution < -0.4 is 10.4 Å². The van der Waals surface area contributed by atoms with Crippen molar-refractivity contribution in [2.45, 2.75) is 25.9 Å². The smallest absolute Gasteiger partial charge is 0.0795 e. The monoisotopic (exact) mass is 540 g/mol. The Kier molecular flexibility index (Phi) is 5.52. The van der Waals surface area contributed by atoms with Gasteiger partial charge in [0, 0.05) is 0 Å². The van der Waals surface area contributed by atoms with E-state index < -0.39 is 8.07 Å². The molecule has 0 bridgehead atoms. The topological polar surface area (TPSA) is 0 Å². The lowest BCUT2D eigenvalue weighted by atomic mass is 9.95. The first kappa shape index (κ1) is 24.3. The van der Waals surface area contributed by atoms with Crippen LogP contribution in [0.15, 0.2) is 121 Å². The second-order valence-corrected chi connectivity index (χ2v) is 16.3. The van der Waals surface area contributed by atoms with Crippen molar-refractivity contribution in [3.05, 3.63) is 144 Å². The molecule has 8 rings (SSSR count). The molecule has 0 fully saturated rings. The minimum atomic E-state index is -2.28. The molecule has 0 aromatic heterocycles. The lowest BCUT2D eigenvalue weighted by molar-refractivity contribution is 1.31. The summed E-state index contributed by atoms with van der Waals surface area (Å²) in [4.78, 5) is 0. The first-order chi connectivity index (χ1) is 20.1. The molecule has 0 atom stereocenters. The van der Waals surface area contributed by atoms with Crippen LogP contribution in [-0.2, 0) is 12.8 Å². The maximum atomic E-state index is 2.61. The van der Waals surface area contributed by atoms with E-state index in [2.05, 4.69) is 147 Å². The van der Waals surface area contributed by atoms with Gasteiger partial charge in [-0.2, -0.15) is 0 Å². The Morgan fingerprint density at radius 1 is 0.439 bits per heavy atom. The minimum Gasteiger partial charge on any atom is -0.0795 e. The highest BCUT2D eigenvalue weighted by atomic mass is 28.3. The van der Waals surface area contributed by atoms with Gasteiger partial charge in [-0.3, -0.25) is 0 Å². The molecule has 2 aliphatic carbocycles. The van der Waals surface area contributed by atoms with Gasteiger partial charge in [-0.1, -0.05) is 147 Å². The normalized spacial score (nSPS) is 13.7. The molecule has 0 saturated carbocycles. The maximum Gasteiger partial charge on any atom is 0.114 e. The molecule has 0 spiro atoms. The van der Waals surface area contributed by atoms with Gasteiger partial charge < -0.3 is 0 Å². The second kappa shape index (κ2) is 9.29. The summed E-state index contributed by atoms with van der Waals surface area (Å²) in [5.74, 6) is 0. The Morgan fingerprint density at radius 2 is 0.878 bits per heavy atom. The largest absolute Gasteiger partial charge is 0.114 e. The van der Waals surface area contributed by atoms with Crippen molar-refractivity contribution in [2.24, 2.45) is 0 Å². The van der Waals surface area contributed by atoms with Crippen LogP contribution in [0.4, 0.5) is 0 Å². The van der Waals surface area contributed by atoms with Crippen molar-refractivity contribution >= 4 is 52.1 Å².